The van der Waals surface area contributed by atoms with Crippen molar-refractivity contribution in [2.45, 2.75) is 26.1 Å². The number of aromatic nitrogens is 2. The first-order valence-electron chi connectivity index (χ1n) is 6.20. The molecule has 0 fully saturated rings. The standard InChI is InChI=1S/C14H13F3N2O2/c1-8(2)19-7-11(13(20)21)12(18-19)9-4-3-5-10(6-9)14(15,16)17/h3-8H,1-2H3,(H,20,21). The first-order chi connectivity index (χ1) is 9.70. The molecule has 0 saturated carbocycles. The molecule has 21 heavy (non-hydrogen) atoms. The van der Waals surface area contributed by atoms with Crippen LogP contribution in [0.4, 0.5) is 13.2 Å². The largest absolute Gasteiger partial charge is 0.478 e. The lowest BCUT2D eigenvalue weighted by Gasteiger charge is -2.08. The molecule has 4 nitrogen and oxygen atoms in total. The number of alkyl halides is 3. The van der Waals surface area contributed by atoms with E-state index in [2.05, 4.69) is 5.10 Å². The molecule has 0 bridgehead atoms. The fourth-order valence-corrected chi connectivity index (χ4v) is 1.87. The van der Waals surface area contributed by atoms with Crippen molar-refractivity contribution in [3.05, 3.63) is 41.6 Å². The highest BCUT2D eigenvalue weighted by Crippen LogP contribution is 2.32. The fourth-order valence-electron chi connectivity index (χ4n) is 1.87. The van der Waals surface area contributed by atoms with Gasteiger partial charge in [-0.25, -0.2) is 4.79 Å². The van der Waals surface area contributed by atoms with Gasteiger partial charge in [-0.1, -0.05) is 12.1 Å². The van der Waals surface area contributed by atoms with Crippen molar-refractivity contribution in [1.82, 2.24) is 9.78 Å². The SMILES string of the molecule is CC(C)n1cc(C(=O)O)c(-c2cccc(C(F)(F)F)c2)n1. The highest BCUT2D eigenvalue weighted by atomic mass is 19.4. The molecule has 2 rings (SSSR count). The summed E-state index contributed by atoms with van der Waals surface area (Å²) in [6.07, 6.45) is -3.16. The number of carboxylic acids is 1. The Labute approximate surface area is 118 Å². The molecule has 0 amide bonds. The number of halogens is 3. The quantitative estimate of drug-likeness (QED) is 0.936. The maximum atomic E-state index is 12.7. The number of carboxylic acid groups (broad SMARTS) is 1. The lowest BCUT2D eigenvalue weighted by Crippen LogP contribution is -2.05. The van der Waals surface area contributed by atoms with E-state index in [4.69, 9.17) is 0 Å². The summed E-state index contributed by atoms with van der Waals surface area (Å²) in [6, 6.07) is 4.39. The second kappa shape index (κ2) is 5.23. The number of nitrogens with zero attached hydrogens (tertiary/aromatic N) is 2. The molecule has 112 valence electrons. The minimum atomic E-state index is -4.49. The van der Waals surface area contributed by atoms with Gasteiger partial charge in [0.05, 0.1) is 5.56 Å². The summed E-state index contributed by atoms with van der Waals surface area (Å²) in [6.45, 7) is 3.60. The van der Waals surface area contributed by atoms with Crippen molar-refractivity contribution in [2.75, 3.05) is 0 Å². The van der Waals surface area contributed by atoms with Gasteiger partial charge in [-0.05, 0) is 26.0 Å². The molecule has 0 aliphatic rings. The van der Waals surface area contributed by atoms with Gasteiger partial charge in [0, 0.05) is 17.8 Å². The highest BCUT2D eigenvalue weighted by molar-refractivity contribution is 5.94. The summed E-state index contributed by atoms with van der Waals surface area (Å²) in [5.41, 5.74) is -0.803. The minimum Gasteiger partial charge on any atom is -0.478 e. The van der Waals surface area contributed by atoms with Crippen LogP contribution in [-0.2, 0) is 6.18 Å². The van der Waals surface area contributed by atoms with Gasteiger partial charge in [0.25, 0.3) is 0 Å². The number of hydrogen-bond donors (Lipinski definition) is 1. The zero-order valence-electron chi connectivity index (χ0n) is 11.3. The number of aromatic carboxylic acids is 1. The average Bonchev–Trinajstić information content (AvgIpc) is 2.83. The summed E-state index contributed by atoms with van der Waals surface area (Å²) in [7, 11) is 0. The molecule has 0 radical (unpaired) electrons. The van der Waals surface area contributed by atoms with E-state index in [1.54, 1.807) is 13.8 Å². The van der Waals surface area contributed by atoms with Crippen LogP contribution in [0.2, 0.25) is 0 Å². The predicted molar refractivity (Wildman–Crippen MR) is 70.0 cm³/mol. The second-order valence-electron chi connectivity index (χ2n) is 4.85. The van der Waals surface area contributed by atoms with Gasteiger partial charge in [0.1, 0.15) is 11.3 Å². The Morgan fingerprint density at radius 2 is 2.00 bits per heavy atom. The third-order valence-electron chi connectivity index (χ3n) is 2.95. The van der Waals surface area contributed by atoms with Crippen molar-refractivity contribution in [1.29, 1.82) is 0 Å². The molecular formula is C14H13F3N2O2. The Kier molecular flexibility index (Phi) is 3.76. The van der Waals surface area contributed by atoms with Crippen molar-refractivity contribution < 1.29 is 23.1 Å². The van der Waals surface area contributed by atoms with Crippen LogP contribution in [-0.4, -0.2) is 20.9 Å². The number of carbonyl (C=O) groups is 1. The fraction of sp³-hybridized carbons (Fsp3) is 0.286. The molecule has 1 N–H and O–H groups in total. The van der Waals surface area contributed by atoms with E-state index >= 15 is 0 Å². The number of hydrogen-bond acceptors (Lipinski definition) is 2. The average molecular weight is 298 g/mol. The normalized spacial score (nSPS) is 11.9. The Balaban J connectivity index is 2.58. The maximum absolute atomic E-state index is 12.7. The van der Waals surface area contributed by atoms with Crippen LogP contribution < -0.4 is 0 Å². The van der Waals surface area contributed by atoms with E-state index in [9.17, 15) is 23.1 Å². The van der Waals surface area contributed by atoms with E-state index in [-0.39, 0.29) is 22.9 Å². The maximum Gasteiger partial charge on any atom is 0.416 e. The summed E-state index contributed by atoms with van der Waals surface area (Å²) >= 11 is 0. The molecular weight excluding hydrogens is 285 g/mol. The molecule has 1 heterocycles. The third kappa shape index (κ3) is 3.07. The lowest BCUT2D eigenvalue weighted by molar-refractivity contribution is -0.137. The van der Waals surface area contributed by atoms with Gasteiger partial charge in [0.15, 0.2) is 0 Å². The van der Waals surface area contributed by atoms with Crippen LogP contribution in [0.15, 0.2) is 30.5 Å². The second-order valence-corrected chi connectivity index (χ2v) is 4.85. The van der Waals surface area contributed by atoms with E-state index < -0.39 is 17.7 Å². The van der Waals surface area contributed by atoms with Gasteiger partial charge in [0.2, 0.25) is 0 Å². The van der Waals surface area contributed by atoms with Gasteiger partial charge < -0.3 is 5.11 Å². The first kappa shape index (κ1) is 15.1. The van der Waals surface area contributed by atoms with E-state index in [0.717, 1.165) is 12.1 Å². The molecule has 0 spiro atoms. The molecule has 2 aromatic rings. The third-order valence-corrected chi connectivity index (χ3v) is 2.95. The lowest BCUT2D eigenvalue weighted by atomic mass is 10.1. The van der Waals surface area contributed by atoms with Crippen molar-refractivity contribution >= 4 is 5.97 Å². The molecule has 0 unspecified atom stereocenters. The number of benzene rings is 1. The van der Waals surface area contributed by atoms with Gasteiger partial charge in [-0.2, -0.15) is 18.3 Å². The van der Waals surface area contributed by atoms with E-state index in [1.165, 1.54) is 23.0 Å². The van der Waals surface area contributed by atoms with Gasteiger partial charge in [-0.15, -0.1) is 0 Å². The first-order valence-corrected chi connectivity index (χ1v) is 6.20. The van der Waals surface area contributed by atoms with E-state index in [1.807, 2.05) is 0 Å². The van der Waals surface area contributed by atoms with Crippen LogP contribution in [0.25, 0.3) is 11.3 Å². The molecule has 0 saturated heterocycles. The summed E-state index contributed by atoms with van der Waals surface area (Å²) in [5.74, 6) is -1.23. The summed E-state index contributed by atoms with van der Waals surface area (Å²) in [4.78, 5) is 11.2. The Hall–Kier alpha value is -2.31. The van der Waals surface area contributed by atoms with Crippen molar-refractivity contribution in [3.8, 4) is 11.3 Å². The monoisotopic (exact) mass is 298 g/mol. The summed E-state index contributed by atoms with van der Waals surface area (Å²) in [5, 5.41) is 13.3. The molecule has 0 aliphatic carbocycles. The van der Waals surface area contributed by atoms with E-state index in [0.29, 0.717) is 0 Å². The van der Waals surface area contributed by atoms with Crippen LogP contribution in [0, 0.1) is 0 Å². The minimum absolute atomic E-state index is 0.0299. The molecule has 1 aromatic carbocycles. The van der Waals surface area contributed by atoms with Crippen LogP contribution in [0.3, 0.4) is 0 Å². The Morgan fingerprint density at radius 3 is 2.52 bits per heavy atom. The van der Waals surface area contributed by atoms with Crippen LogP contribution in [0.1, 0.15) is 35.8 Å². The Morgan fingerprint density at radius 1 is 1.33 bits per heavy atom. The number of rotatable bonds is 3. The zero-order valence-corrected chi connectivity index (χ0v) is 11.3. The van der Waals surface area contributed by atoms with Crippen molar-refractivity contribution in [2.24, 2.45) is 0 Å². The summed E-state index contributed by atoms with van der Waals surface area (Å²) < 4.78 is 39.6. The molecule has 0 atom stereocenters. The van der Waals surface area contributed by atoms with Crippen LogP contribution in [0.5, 0.6) is 0 Å². The molecule has 0 aliphatic heterocycles. The zero-order chi connectivity index (χ0) is 15.8. The smallest absolute Gasteiger partial charge is 0.416 e. The van der Waals surface area contributed by atoms with Crippen LogP contribution >= 0.6 is 0 Å². The molecule has 7 heteroatoms. The topological polar surface area (TPSA) is 55.1 Å². The predicted octanol–water partition coefficient (Wildman–Crippen LogP) is 3.85. The van der Waals surface area contributed by atoms with Gasteiger partial charge >= 0.3 is 12.1 Å². The molecule has 1 aromatic heterocycles. The van der Waals surface area contributed by atoms with Crippen molar-refractivity contribution in [3.63, 3.8) is 0 Å². The Bertz CT molecular complexity index is 675. The van der Waals surface area contributed by atoms with Gasteiger partial charge in [-0.3, -0.25) is 4.68 Å². The highest BCUT2D eigenvalue weighted by Gasteiger charge is 2.31.